The number of para-hydroxylation sites is 1. The van der Waals surface area contributed by atoms with Gasteiger partial charge in [0, 0.05) is 20.6 Å². The van der Waals surface area contributed by atoms with Crippen LogP contribution in [0.4, 0.5) is 0 Å². The first-order valence-electron chi connectivity index (χ1n) is 9.35. The number of carbonyl (C=O) groups excluding carboxylic acids is 3. The summed E-state index contributed by atoms with van der Waals surface area (Å²) in [4.78, 5) is 36.4. The highest BCUT2D eigenvalue weighted by Crippen LogP contribution is 2.18. The van der Waals surface area contributed by atoms with Crippen molar-refractivity contribution in [1.82, 2.24) is 10.7 Å². The monoisotopic (exact) mass is 513 g/mol. The number of ether oxygens (including phenoxy) is 1. The lowest BCUT2D eigenvalue weighted by atomic mass is 10.2. The summed E-state index contributed by atoms with van der Waals surface area (Å²) in [7, 11) is 0. The van der Waals surface area contributed by atoms with Crippen molar-refractivity contribution in [1.29, 1.82) is 0 Å². The van der Waals surface area contributed by atoms with Gasteiger partial charge in [0.25, 0.3) is 11.8 Å². The number of nitrogens with one attached hydrogen (secondary N) is 2. The van der Waals surface area contributed by atoms with Crippen LogP contribution in [0.2, 0.25) is 5.02 Å². The van der Waals surface area contributed by atoms with Crippen LogP contribution in [0.5, 0.6) is 5.75 Å². The second-order valence-electron chi connectivity index (χ2n) is 6.42. The zero-order chi connectivity index (χ0) is 22.9. The Hall–Kier alpha value is -3.49. The van der Waals surface area contributed by atoms with Gasteiger partial charge in [-0.3, -0.25) is 9.59 Å². The van der Waals surface area contributed by atoms with Crippen LogP contribution in [0.3, 0.4) is 0 Å². The molecule has 0 saturated heterocycles. The third-order valence-electron chi connectivity index (χ3n) is 4.09. The van der Waals surface area contributed by atoms with Crippen molar-refractivity contribution in [2.24, 2.45) is 5.10 Å². The van der Waals surface area contributed by atoms with Gasteiger partial charge in [0.05, 0.1) is 18.3 Å². The standard InChI is InChI=1S/C23H17BrClN3O4/c24-18-6-3-5-16(12-18)22(30)26-14-21(29)28-27-13-17-4-1-2-7-20(17)32-23(31)15-8-10-19(25)11-9-15/h1-13H,14H2,(H,26,30)(H,28,29)/b27-13+. The molecule has 3 aromatic rings. The molecule has 0 radical (unpaired) electrons. The van der Waals surface area contributed by atoms with Crippen molar-refractivity contribution in [2.75, 3.05) is 6.54 Å². The molecule has 0 heterocycles. The van der Waals surface area contributed by atoms with E-state index in [1.165, 1.54) is 6.21 Å². The van der Waals surface area contributed by atoms with E-state index >= 15 is 0 Å². The molecule has 0 unspecified atom stereocenters. The van der Waals surface area contributed by atoms with Crippen molar-refractivity contribution in [2.45, 2.75) is 0 Å². The van der Waals surface area contributed by atoms with Gasteiger partial charge in [0.1, 0.15) is 5.75 Å². The lowest BCUT2D eigenvalue weighted by molar-refractivity contribution is -0.120. The number of benzene rings is 3. The van der Waals surface area contributed by atoms with Gasteiger partial charge in [-0.05, 0) is 54.6 Å². The first-order chi connectivity index (χ1) is 15.4. The number of carbonyl (C=O) groups is 3. The van der Waals surface area contributed by atoms with Crippen LogP contribution in [0.1, 0.15) is 26.3 Å². The van der Waals surface area contributed by atoms with Crippen LogP contribution >= 0.6 is 27.5 Å². The second kappa shape index (κ2) is 11.2. The Balaban J connectivity index is 1.55. The first-order valence-corrected chi connectivity index (χ1v) is 10.5. The Morgan fingerprint density at radius 3 is 2.47 bits per heavy atom. The van der Waals surface area contributed by atoms with Crippen LogP contribution < -0.4 is 15.5 Å². The summed E-state index contributed by atoms with van der Waals surface area (Å²) >= 11 is 9.12. The Morgan fingerprint density at radius 1 is 0.969 bits per heavy atom. The number of nitrogens with zero attached hydrogens (tertiary/aromatic N) is 1. The number of hydrogen-bond donors (Lipinski definition) is 2. The van der Waals surface area contributed by atoms with E-state index in [0.29, 0.717) is 21.7 Å². The molecule has 2 amide bonds. The van der Waals surface area contributed by atoms with Gasteiger partial charge >= 0.3 is 5.97 Å². The normalized spacial score (nSPS) is 10.6. The topological polar surface area (TPSA) is 96.9 Å². The van der Waals surface area contributed by atoms with Gasteiger partial charge in [0.15, 0.2) is 0 Å². The molecular formula is C23H17BrClN3O4. The number of amides is 2. The predicted octanol–water partition coefficient (Wildman–Crippen LogP) is 4.20. The third kappa shape index (κ3) is 6.76. The van der Waals surface area contributed by atoms with Gasteiger partial charge in [-0.25, -0.2) is 10.2 Å². The maximum absolute atomic E-state index is 12.3. The van der Waals surface area contributed by atoms with Gasteiger partial charge in [0.2, 0.25) is 0 Å². The summed E-state index contributed by atoms with van der Waals surface area (Å²) in [6, 6.07) is 19.8. The highest BCUT2D eigenvalue weighted by atomic mass is 79.9. The van der Waals surface area contributed by atoms with Gasteiger partial charge in [-0.2, -0.15) is 5.10 Å². The first kappa shape index (κ1) is 23.2. The SMILES string of the molecule is O=C(CNC(=O)c1cccc(Br)c1)N/N=C/c1ccccc1OC(=O)c1ccc(Cl)cc1. The number of hydrazone groups is 1. The van der Waals surface area contributed by atoms with Crippen LogP contribution in [0, 0.1) is 0 Å². The minimum absolute atomic E-state index is 0.254. The van der Waals surface area contributed by atoms with Crippen LogP contribution in [0.25, 0.3) is 0 Å². The number of halogens is 2. The van der Waals surface area contributed by atoms with Gasteiger partial charge in [-0.15, -0.1) is 0 Å². The maximum atomic E-state index is 12.3. The van der Waals surface area contributed by atoms with Crippen molar-refractivity contribution < 1.29 is 19.1 Å². The molecule has 3 rings (SSSR count). The lowest BCUT2D eigenvalue weighted by Crippen LogP contribution is -2.34. The molecule has 0 aromatic heterocycles. The minimum atomic E-state index is -0.554. The molecule has 7 nitrogen and oxygen atoms in total. The number of esters is 1. The average molecular weight is 515 g/mol. The summed E-state index contributed by atoms with van der Waals surface area (Å²) in [5, 5.41) is 6.89. The third-order valence-corrected chi connectivity index (χ3v) is 4.84. The van der Waals surface area contributed by atoms with Crippen LogP contribution in [0.15, 0.2) is 82.4 Å². The molecule has 0 aliphatic heterocycles. The molecule has 0 spiro atoms. The highest BCUT2D eigenvalue weighted by Gasteiger charge is 2.11. The summed E-state index contributed by atoms with van der Waals surface area (Å²) in [5.74, 6) is -1.18. The molecule has 0 saturated carbocycles. The Morgan fingerprint density at radius 2 is 1.72 bits per heavy atom. The van der Waals surface area contributed by atoms with Gasteiger partial charge < -0.3 is 10.1 Å². The molecule has 0 fully saturated rings. The summed E-state index contributed by atoms with van der Waals surface area (Å²) in [5.41, 5.74) is 3.57. The van der Waals surface area contributed by atoms with Crippen LogP contribution in [-0.2, 0) is 4.79 Å². The van der Waals surface area contributed by atoms with Crippen LogP contribution in [-0.4, -0.2) is 30.5 Å². The maximum Gasteiger partial charge on any atom is 0.343 e. The van der Waals surface area contributed by atoms with E-state index in [0.717, 1.165) is 4.47 Å². The zero-order valence-electron chi connectivity index (χ0n) is 16.5. The molecule has 162 valence electrons. The lowest BCUT2D eigenvalue weighted by Gasteiger charge is -2.07. The van der Waals surface area contributed by atoms with E-state index in [-0.39, 0.29) is 18.2 Å². The zero-order valence-corrected chi connectivity index (χ0v) is 18.9. The van der Waals surface area contributed by atoms with E-state index in [1.807, 2.05) is 0 Å². The largest absolute Gasteiger partial charge is 0.422 e. The summed E-state index contributed by atoms with van der Waals surface area (Å²) in [6.07, 6.45) is 1.35. The average Bonchev–Trinajstić information content (AvgIpc) is 2.79. The van der Waals surface area contributed by atoms with E-state index in [4.69, 9.17) is 16.3 Å². The minimum Gasteiger partial charge on any atom is -0.422 e. The fourth-order valence-electron chi connectivity index (χ4n) is 2.53. The van der Waals surface area contributed by atoms with Crippen molar-refractivity contribution >= 4 is 51.5 Å². The Labute approximate surface area is 197 Å². The predicted molar refractivity (Wildman–Crippen MR) is 125 cm³/mol. The molecule has 2 N–H and O–H groups in total. The highest BCUT2D eigenvalue weighted by molar-refractivity contribution is 9.10. The van der Waals surface area contributed by atoms with E-state index in [2.05, 4.69) is 31.8 Å². The molecule has 9 heteroatoms. The Bertz CT molecular complexity index is 1170. The second-order valence-corrected chi connectivity index (χ2v) is 7.77. The molecule has 0 aliphatic rings. The molecule has 0 atom stereocenters. The van der Waals surface area contributed by atoms with E-state index in [9.17, 15) is 14.4 Å². The molecule has 0 bridgehead atoms. The van der Waals surface area contributed by atoms with E-state index in [1.54, 1.807) is 72.8 Å². The van der Waals surface area contributed by atoms with Crippen molar-refractivity contribution in [3.63, 3.8) is 0 Å². The number of hydrogen-bond acceptors (Lipinski definition) is 5. The smallest absolute Gasteiger partial charge is 0.343 e. The summed E-state index contributed by atoms with van der Waals surface area (Å²) in [6.45, 7) is -0.254. The molecule has 3 aromatic carbocycles. The summed E-state index contributed by atoms with van der Waals surface area (Å²) < 4.78 is 6.18. The van der Waals surface area contributed by atoms with E-state index < -0.39 is 11.9 Å². The molecule has 0 aliphatic carbocycles. The molecular weight excluding hydrogens is 498 g/mol. The van der Waals surface area contributed by atoms with Gasteiger partial charge in [-0.1, -0.05) is 45.7 Å². The molecule has 32 heavy (non-hydrogen) atoms. The quantitative estimate of drug-likeness (QED) is 0.214. The fraction of sp³-hybridized carbons (Fsp3) is 0.0435. The fourth-order valence-corrected chi connectivity index (χ4v) is 3.06. The Kier molecular flexibility index (Phi) is 8.13. The van der Waals surface area contributed by atoms with Crippen molar-refractivity contribution in [3.8, 4) is 5.75 Å². The number of rotatable bonds is 7. The van der Waals surface area contributed by atoms with Crippen molar-refractivity contribution in [3.05, 3.63) is 99.0 Å².